The average molecular weight is 370 g/mol. The van der Waals surface area contributed by atoms with Crippen molar-refractivity contribution in [2.75, 3.05) is 19.7 Å². The number of nitrogens with zero attached hydrogens (tertiary/aromatic N) is 1. The van der Waals surface area contributed by atoms with Crippen molar-refractivity contribution in [3.8, 4) is 0 Å². The van der Waals surface area contributed by atoms with E-state index >= 15 is 0 Å². The maximum absolute atomic E-state index is 12.2. The smallest absolute Gasteiger partial charge is 0.303 e. The largest absolute Gasteiger partial charge is 0.481 e. The van der Waals surface area contributed by atoms with Crippen molar-refractivity contribution in [1.29, 1.82) is 0 Å². The Morgan fingerprint density at radius 3 is 2.59 bits per heavy atom. The number of carboxylic acid groups (broad SMARTS) is 1. The molecule has 0 bridgehead atoms. The fourth-order valence-corrected chi connectivity index (χ4v) is 2.73. The molecule has 0 aromatic heterocycles. The molecule has 1 atom stereocenters. The zero-order chi connectivity index (χ0) is 15.9. The first kappa shape index (κ1) is 17.0. The van der Waals surface area contributed by atoms with Gasteiger partial charge in [-0.05, 0) is 30.5 Å². The normalized spacial score (nSPS) is 18.2. The van der Waals surface area contributed by atoms with Gasteiger partial charge in [-0.1, -0.05) is 28.1 Å². The minimum absolute atomic E-state index is 0.0794. The Morgan fingerprint density at radius 2 is 1.91 bits per heavy atom. The molecule has 120 valence electrons. The van der Waals surface area contributed by atoms with Crippen molar-refractivity contribution in [1.82, 2.24) is 4.90 Å². The second-order valence-electron chi connectivity index (χ2n) is 5.35. The summed E-state index contributed by atoms with van der Waals surface area (Å²) in [6, 6.07) is 7.92. The standard InChI is InChI=1S/C16H20BrNO4/c17-13-7-5-12(6-8-13)14-11-18(9-10-22-14)15(19)3-1-2-4-16(20)21/h5-8,14H,1-4,9-11H2,(H,20,21). The van der Waals surface area contributed by atoms with Crippen LogP contribution in [0.1, 0.15) is 37.4 Å². The van der Waals surface area contributed by atoms with E-state index < -0.39 is 5.97 Å². The van der Waals surface area contributed by atoms with Crippen LogP contribution in [0.4, 0.5) is 0 Å². The summed E-state index contributed by atoms with van der Waals surface area (Å²) in [6.45, 7) is 1.69. The lowest BCUT2D eigenvalue weighted by atomic mass is 10.1. The summed E-state index contributed by atoms with van der Waals surface area (Å²) in [5.41, 5.74) is 1.06. The van der Waals surface area contributed by atoms with Gasteiger partial charge in [0.05, 0.1) is 13.2 Å². The van der Waals surface area contributed by atoms with Crippen LogP contribution in [0.5, 0.6) is 0 Å². The number of morpholine rings is 1. The van der Waals surface area contributed by atoms with Gasteiger partial charge >= 0.3 is 5.97 Å². The van der Waals surface area contributed by atoms with Crippen LogP contribution in [0.3, 0.4) is 0 Å². The van der Waals surface area contributed by atoms with Crippen molar-refractivity contribution in [3.63, 3.8) is 0 Å². The number of benzene rings is 1. The number of hydrogen-bond acceptors (Lipinski definition) is 3. The quantitative estimate of drug-likeness (QED) is 0.782. The number of carboxylic acids is 1. The van der Waals surface area contributed by atoms with E-state index in [1.54, 1.807) is 0 Å². The highest BCUT2D eigenvalue weighted by Gasteiger charge is 2.24. The van der Waals surface area contributed by atoms with Crippen molar-refractivity contribution < 1.29 is 19.4 Å². The molecule has 5 nitrogen and oxygen atoms in total. The molecule has 22 heavy (non-hydrogen) atoms. The Hall–Kier alpha value is -1.40. The van der Waals surface area contributed by atoms with Gasteiger partial charge < -0.3 is 14.7 Å². The Bertz CT molecular complexity index is 517. The van der Waals surface area contributed by atoms with E-state index in [-0.39, 0.29) is 18.4 Å². The van der Waals surface area contributed by atoms with Crippen LogP contribution in [0.15, 0.2) is 28.7 Å². The maximum atomic E-state index is 12.2. The van der Waals surface area contributed by atoms with Gasteiger partial charge in [0.1, 0.15) is 6.10 Å². The van der Waals surface area contributed by atoms with Crippen LogP contribution in [0.25, 0.3) is 0 Å². The van der Waals surface area contributed by atoms with E-state index in [9.17, 15) is 9.59 Å². The van der Waals surface area contributed by atoms with Crippen LogP contribution in [-0.2, 0) is 14.3 Å². The van der Waals surface area contributed by atoms with Gasteiger partial charge in [0, 0.05) is 23.9 Å². The summed E-state index contributed by atoms with van der Waals surface area (Å²) in [5.74, 6) is -0.732. The number of rotatable bonds is 6. The lowest BCUT2D eigenvalue weighted by Gasteiger charge is -2.33. The van der Waals surface area contributed by atoms with Crippen LogP contribution in [0, 0.1) is 0 Å². The molecular weight excluding hydrogens is 350 g/mol. The third-order valence-corrected chi connectivity index (χ3v) is 4.22. The molecular formula is C16H20BrNO4. The number of carbonyl (C=O) groups is 2. The third-order valence-electron chi connectivity index (χ3n) is 3.69. The van der Waals surface area contributed by atoms with Gasteiger partial charge in [0.15, 0.2) is 0 Å². The second kappa shape index (κ2) is 8.29. The summed E-state index contributed by atoms with van der Waals surface area (Å²) < 4.78 is 6.77. The summed E-state index contributed by atoms with van der Waals surface area (Å²) in [5, 5.41) is 8.59. The molecule has 6 heteroatoms. The van der Waals surface area contributed by atoms with Gasteiger partial charge in [-0.2, -0.15) is 0 Å². The van der Waals surface area contributed by atoms with Crippen molar-refractivity contribution in [2.24, 2.45) is 0 Å². The zero-order valence-corrected chi connectivity index (χ0v) is 13.9. The molecule has 0 radical (unpaired) electrons. The van der Waals surface area contributed by atoms with E-state index in [4.69, 9.17) is 9.84 Å². The van der Waals surface area contributed by atoms with Crippen molar-refractivity contribution in [2.45, 2.75) is 31.8 Å². The molecule has 0 saturated carbocycles. The number of aliphatic carboxylic acids is 1. The average Bonchev–Trinajstić information content (AvgIpc) is 2.52. The monoisotopic (exact) mass is 369 g/mol. The highest BCUT2D eigenvalue weighted by atomic mass is 79.9. The molecule has 0 spiro atoms. The van der Waals surface area contributed by atoms with Gasteiger partial charge in [0.2, 0.25) is 5.91 Å². The van der Waals surface area contributed by atoms with E-state index in [1.165, 1.54) is 0 Å². The second-order valence-corrected chi connectivity index (χ2v) is 6.27. The molecule has 1 N–H and O–H groups in total. The topological polar surface area (TPSA) is 66.8 Å². The molecule has 0 aliphatic carbocycles. The van der Waals surface area contributed by atoms with Crippen LogP contribution < -0.4 is 0 Å². The molecule has 1 aliphatic rings. The van der Waals surface area contributed by atoms with Gasteiger partial charge in [-0.15, -0.1) is 0 Å². The highest BCUT2D eigenvalue weighted by Crippen LogP contribution is 2.24. The summed E-state index contributed by atoms with van der Waals surface area (Å²) in [6.07, 6.45) is 1.59. The van der Waals surface area contributed by atoms with Gasteiger partial charge in [-0.3, -0.25) is 9.59 Å². The fourth-order valence-electron chi connectivity index (χ4n) is 2.47. The number of unbranched alkanes of at least 4 members (excludes halogenated alkanes) is 1. The van der Waals surface area contributed by atoms with E-state index in [0.717, 1.165) is 10.0 Å². The Labute approximate surface area is 138 Å². The molecule has 1 amide bonds. The number of carbonyl (C=O) groups excluding carboxylic acids is 1. The number of hydrogen-bond donors (Lipinski definition) is 1. The molecule has 2 rings (SSSR count). The van der Waals surface area contributed by atoms with E-state index in [1.807, 2.05) is 29.2 Å². The molecule has 1 aromatic rings. The zero-order valence-electron chi connectivity index (χ0n) is 12.3. The molecule has 1 aliphatic heterocycles. The van der Waals surface area contributed by atoms with Crippen molar-refractivity contribution >= 4 is 27.8 Å². The van der Waals surface area contributed by atoms with E-state index in [2.05, 4.69) is 15.9 Å². The third kappa shape index (κ3) is 5.10. The Balaban J connectivity index is 1.83. The first-order valence-electron chi connectivity index (χ1n) is 7.43. The highest BCUT2D eigenvalue weighted by molar-refractivity contribution is 9.10. The molecule has 1 unspecified atom stereocenters. The predicted octanol–water partition coefficient (Wildman–Crippen LogP) is 2.99. The predicted molar refractivity (Wildman–Crippen MR) is 85.5 cm³/mol. The first-order chi connectivity index (χ1) is 10.6. The minimum atomic E-state index is -0.811. The Kier molecular flexibility index (Phi) is 6.39. The lowest BCUT2D eigenvalue weighted by molar-refractivity contribution is -0.140. The van der Waals surface area contributed by atoms with Crippen LogP contribution >= 0.6 is 15.9 Å². The summed E-state index contributed by atoms with van der Waals surface area (Å²) in [4.78, 5) is 24.5. The van der Waals surface area contributed by atoms with E-state index in [0.29, 0.717) is 39.0 Å². The summed E-state index contributed by atoms with van der Waals surface area (Å²) >= 11 is 3.40. The summed E-state index contributed by atoms with van der Waals surface area (Å²) in [7, 11) is 0. The SMILES string of the molecule is O=C(O)CCCCC(=O)N1CCOC(c2ccc(Br)cc2)C1. The molecule has 1 fully saturated rings. The van der Waals surface area contributed by atoms with Crippen LogP contribution in [0.2, 0.25) is 0 Å². The number of amides is 1. The first-order valence-corrected chi connectivity index (χ1v) is 8.22. The van der Waals surface area contributed by atoms with Gasteiger partial charge in [-0.25, -0.2) is 0 Å². The maximum Gasteiger partial charge on any atom is 0.303 e. The lowest BCUT2D eigenvalue weighted by Crippen LogP contribution is -2.42. The molecule has 1 aromatic carbocycles. The Morgan fingerprint density at radius 1 is 1.23 bits per heavy atom. The fraction of sp³-hybridized carbons (Fsp3) is 0.500. The number of ether oxygens (including phenoxy) is 1. The molecule has 1 heterocycles. The van der Waals surface area contributed by atoms with Gasteiger partial charge in [0.25, 0.3) is 0 Å². The van der Waals surface area contributed by atoms with Crippen LogP contribution in [-0.4, -0.2) is 41.6 Å². The number of halogens is 1. The minimum Gasteiger partial charge on any atom is -0.481 e. The molecule has 1 saturated heterocycles. The van der Waals surface area contributed by atoms with Crippen molar-refractivity contribution in [3.05, 3.63) is 34.3 Å².